The zero-order valence-corrected chi connectivity index (χ0v) is 9.45. The van der Waals surface area contributed by atoms with Gasteiger partial charge in [0.1, 0.15) is 6.04 Å². The van der Waals surface area contributed by atoms with Crippen molar-refractivity contribution >= 4 is 21.9 Å². The van der Waals surface area contributed by atoms with Gasteiger partial charge in [-0.05, 0) is 24.6 Å². The topological polar surface area (TPSA) is 52.3 Å². The minimum atomic E-state index is -0.701. The summed E-state index contributed by atoms with van der Waals surface area (Å²) in [5.41, 5.74) is 6.45. The van der Waals surface area contributed by atoms with E-state index < -0.39 is 12.0 Å². The van der Waals surface area contributed by atoms with Gasteiger partial charge in [-0.25, -0.2) is 4.79 Å². The van der Waals surface area contributed by atoms with E-state index in [9.17, 15) is 4.79 Å². The largest absolute Gasteiger partial charge is 0.465 e. The van der Waals surface area contributed by atoms with Crippen molar-refractivity contribution in [1.82, 2.24) is 0 Å². The van der Waals surface area contributed by atoms with Gasteiger partial charge in [-0.15, -0.1) is 0 Å². The third-order valence-corrected chi connectivity index (χ3v) is 2.24. The predicted molar refractivity (Wildman–Crippen MR) is 57.7 cm³/mol. The fourth-order valence-electron chi connectivity index (χ4n) is 1.07. The Labute approximate surface area is 91.4 Å². The van der Waals surface area contributed by atoms with E-state index in [2.05, 4.69) is 15.9 Å². The van der Waals surface area contributed by atoms with Gasteiger partial charge < -0.3 is 10.5 Å². The average Bonchev–Trinajstić information content (AvgIpc) is 2.17. The van der Waals surface area contributed by atoms with Crippen molar-refractivity contribution in [3.8, 4) is 0 Å². The lowest BCUT2D eigenvalue weighted by Gasteiger charge is -2.10. The predicted octanol–water partition coefficient (Wildman–Crippen LogP) is 2.01. The lowest BCUT2D eigenvalue weighted by atomic mass is 10.1. The Morgan fingerprint density at radius 1 is 1.64 bits per heavy atom. The zero-order valence-electron chi connectivity index (χ0n) is 7.87. The molecule has 1 rings (SSSR count). The maximum Gasteiger partial charge on any atom is 0.327 e. The fraction of sp³-hybridized carbons (Fsp3) is 0.300. The fourth-order valence-corrected chi connectivity index (χ4v) is 1.49. The first-order valence-corrected chi connectivity index (χ1v) is 5.12. The summed E-state index contributed by atoms with van der Waals surface area (Å²) in [7, 11) is 0. The van der Waals surface area contributed by atoms with E-state index in [1.165, 1.54) is 0 Å². The van der Waals surface area contributed by atoms with E-state index in [0.717, 1.165) is 10.0 Å². The first kappa shape index (κ1) is 11.2. The Morgan fingerprint density at radius 2 is 2.36 bits per heavy atom. The van der Waals surface area contributed by atoms with Crippen LogP contribution in [0, 0.1) is 0 Å². The van der Waals surface area contributed by atoms with E-state index in [1.54, 1.807) is 13.0 Å². The molecular weight excluding hydrogens is 246 g/mol. The highest BCUT2D eigenvalue weighted by Gasteiger charge is 2.16. The van der Waals surface area contributed by atoms with Crippen LogP contribution < -0.4 is 5.73 Å². The van der Waals surface area contributed by atoms with Crippen molar-refractivity contribution in [3.05, 3.63) is 34.3 Å². The van der Waals surface area contributed by atoms with E-state index in [4.69, 9.17) is 10.5 Å². The Hall–Kier alpha value is -0.870. The number of nitrogens with two attached hydrogens (primary N) is 1. The number of benzene rings is 1. The molecule has 76 valence electrons. The van der Waals surface area contributed by atoms with Crippen LogP contribution in [0.5, 0.6) is 0 Å². The van der Waals surface area contributed by atoms with Crippen LogP contribution in [0.1, 0.15) is 18.5 Å². The number of hydrogen-bond acceptors (Lipinski definition) is 3. The molecule has 0 aliphatic carbocycles. The van der Waals surface area contributed by atoms with E-state index in [0.29, 0.717) is 6.61 Å². The zero-order chi connectivity index (χ0) is 10.6. The second-order valence-corrected chi connectivity index (χ2v) is 3.70. The summed E-state index contributed by atoms with van der Waals surface area (Å²) in [6.45, 7) is 2.10. The first-order valence-electron chi connectivity index (χ1n) is 4.33. The van der Waals surface area contributed by atoms with Crippen LogP contribution in [-0.2, 0) is 9.53 Å². The minimum absolute atomic E-state index is 0.348. The molecule has 0 fully saturated rings. The van der Waals surface area contributed by atoms with Gasteiger partial charge in [-0.1, -0.05) is 28.1 Å². The summed E-state index contributed by atoms with van der Waals surface area (Å²) in [4.78, 5) is 11.3. The van der Waals surface area contributed by atoms with Crippen molar-refractivity contribution in [2.24, 2.45) is 5.73 Å². The monoisotopic (exact) mass is 257 g/mol. The van der Waals surface area contributed by atoms with E-state index >= 15 is 0 Å². The summed E-state index contributed by atoms with van der Waals surface area (Å²) in [5, 5.41) is 0. The van der Waals surface area contributed by atoms with Crippen LogP contribution >= 0.6 is 15.9 Å². The number of esters is 1. The highest BCUT2D eigenvalue weighted by Crippen LogP contribution is 2.17. The molecule has 0 bridgehead atoms. The molecule has 0 amide bonds. The number of ether oxygens (including phenoxy) is 1. The number of hydrogen-bond donors (Lipinski definition) is 1. The molecule has 14 heavy (non-hydrogen) atoms. The molecule has 2 N–H and O–H groups in total. The molecule has 1 atom stereocenters. The summed E-state index contributed by atoms with van der Waals surface area (Å²) in [5.74, 6) is -0.398. The number of carbonyl (C=O) groups is 1. The van der Waals surface area contributed by atoms with Crippen molar-refractivity contribution in [3.63, 3.8) is 0 Å². The van der Waals surface area contributed by atoms with Gasteiger partial charge in [0.15, 0.2) is 0 Å². The summed E-state index contributed by atoms with van der Waals surface area (Å²) < 4.78 is 5.72. The molecule has 0 aliphatic rings. The number of carbonyl (C=O) groups excluding carboxylic acids is 1. The maximum atomic E-state index is 11.3. The van der Waals surface area contributed by atoms with Crippen molar-refractivity contribution in [2.75, 3.05) is 6.61 Å². The van der Waals surface area contributed by atoms with Gasteiger partial charge in [0, 0.05) is 4.47 Å². The van der Waals surface area contributed by atoms with Crippen molar-refractivity contribution < 1.29 is 9.53 Å². The molecule has 1 aromatic carbocycles. The maximum absolute atomic E-state index is 11.3. The normalized spacial score (nSPS) is 12.2. The molecule has 0 saturated heterocycles. The third-order valence-electron chi connectivity index (χ3n) is 1.75. The summed E-state index contributed by atoms with van der Waals surface area (Å²) in [6.07, 6.45) is 0. The molecule has 0 radical (unpaired) electrons. The molecule has 4 heteroatoms. The SMILES string of the molecule is CCOC(=O)[C@H](N)c1cccc(Br)c1. The van der Waals surface area contributed by atoms with Crippen LogP contribution in [0.2, 0.25) is 0 Å². The van der Waals surface area contributed by atoms with Crippen LogP contribution in [0.15, 0.2) is 28.7 Å². The molecule has 0 heterocycles. The van der Waals surface area contributed by atoms with Crippen LogP contribution in [-0.4, -0.2) is 12.6 Å². The van der Waals surface area contributed by atoms with Crippen molar-refractivity contribution in [2.45, 2.75) is 13.0 Å². The Kier molecular flexibility index (Phi) is 4.10. The minimum Gasteiger partial charge on any atom is -0.465 e. The molecule has 0 aromatic heterocycles. The first-order chi connectivity index (χ1) is 6.65. The molecule has 3 nitrogen and oxygen atoms in total. The van der Waals surface area contributed by atoms with Crippen LogP contribution in [0.4, 0.5) is 0 Å². The van der Waals surface area contributed by atoms with Gasteiger partial charge in [-0.3, -0.25) is 0 Å². The molecule has 0 aliphatic heterocycles. The summed E-state index contributed by atoms with van der Waals surface area (Å²) >= 11 is 3.31. The average molecular weight is 258 g/mol. The summed E-state index contributed by atoms with van der Waals surface area (Å²) in [6, 6.07) is 6.61. The standard InChI is InChI=1S/C10H12BrNO2/c1-2-14-10(13)9(12)7-4-3-5-8(11)6-7/h3-6,9H,2,12H2,1H3/t9-/m1/s1. The highest BCUT2D eigenvalue weighted by molar-refractivity contribution is 9.10. The number of halogens is 1. The molecule has 1 aromatic rings. The molecular formula is C10H12BrNO2. The Balaban J connectivity index is 2.78. The second kappa shape index (κ2) is 5.12. The second-order valence-electron chi connectivity index (χ2n) is 2.78. The molecule has 0 unspecified atom stereocenters. The van der Waals surface area contributed by atoms with Crippen LogP contribution in [0.3, 0.4) is 0 Å². The van der Waals surface area contributed by atoms with Crippen LogP contribution in [0.25, 0.3) is 0 Å². The van der Waals surface area contributed by atoms with Crippen molar-refractivity contribution in [1.29, 1.82) is 0 Å². The smallest absolute Gasteiger partial charge is 0.327 e. The molecule has 0 spiro atoms. The number of rotatable bonds is 3. The van der Waals surface area contributed by atoms with Gasteiger partial charge >= 0.3 is 5.97 Å². The Morgan fingerprint density at radius 3 is 2.93 bits per heavy atom. The van der Waals surface area contributed by atoms with Gasteiger partial charge in [-0.2, -0.15) is 0 Å². The lowest BCUT2D eigenvalue weighted by molar-refractivity contribution is -0.144. The Bertz CT molecular complexity index is 328. The van der Waals surface area contributed by atoms with E-state index in [1.807, 2.05) is 18.2 Å². The highest BCUT2D eigenvalue weighted by atomic mass is 79.9. The lowest BCUT2D eigenvalue weighted by Crippen LogP contribution is -2.23. The van der Waals surface area contributed by atoms with E-state index in [-0.39, 0.29) is 0 Å². The molecule has 0 saturated carbocycles. The van der Waals surface area contributed by atoms with Gasteiger partial charge in [0.25, 0.3) is 0 Å². The van der Waals surface area contributed by atoms with Gasteiger partial charge in [0.05, 0.1) is 6.61 Å². The third kappa shape index (κ3) is 2.82. The quantitative estimate of drug-likeness (QED) is 0.844. The van der Waals surface area contributed by atoms with Gasteiger partial charge in [0.2, 0.25) is 0 Å².